The minimum Gasteiger partial charge on any atom is -0.326 e. The molecule has 0 saturated heterocycles. The molecule has 2 aromatic carbocycles. The van der Waals surface area contributed by atoms with E-state index in [0.717, 1.165) is 27.1 Å². The molecule has 6 nitrogen and oxygen atoms in total. The van der Waals surface area contributed by atoms with Crippen LogP contribution in [0.4, 0.5) is 5.69 Å². The fourth-order valence-corrected chi connectivity index (χ4v) is 3.42. The highest BCUT2D eigenvalue weighted by molar-refractivity contribution is 9.10. The third kappa shape index (κ3) is 5.46. The second-order valence-electron chi connectivity index (χ2n) is 6.54. The number of nitrogens with one attached hydrogen (secondary N) is 2. The molecule has 0 spiro atoms. The SMILES string of the molecule is Cc1nn(C)c(C)c1CN=C(NC(=O)c1cccc(Cl)c1)Nc1cccc(Br)c1. The highest BCUT2D eigenvalue weighted by atomic mass is 79.9. The van der Waals surface area contributed by atoms with Crippen LogP contribution < -0.4 is 10.6 Å². The summed E-state index contributed by atoms with van der Waals surface area (Å²) in [5.74, 6) is 0.0455. The Morgan fingerprint density at radius 2 is 1.97 bits per heavy atom. The Morgan fingerprint density at radius 3 is 2.62 bits per heavy atom. The van der Waals surface area contributed by atoms with Gasteiger partial charge in [0, 0.05) is 39.1 Å². The molecule has 0 radical (unpaired) electrons. The second-order valence-corrected chi connectivity index (χ2v) is 7.89. The number of rotatable bonds is 4. The molecule has 0 unspecified atom stereocenters. The lowest BCUT2D eigenvalue weighted by atomic mass is 10.2. The Labute approximate surface area is 183 Å². The van der Waals surface area contributed by atoms with Gasteiger partial charge in [0.15, 0.2) is 0 Å². The zero-order chi connectivity index (χ0) is 21.0. The summed E-state index contributed by atoms with van der Waals surface area (Å²) in [7, 11) is 1.90. The Hall–Kier alpha value is -2.64. The lowest BCUT2D eigenvalue weighted by Gasteiger charge is -2.12. The molecule has 1 heterocycles. The van der Waals surface area contributed by atoms with Gasteiger partial charge in [-0.25, -0.2) is 4.99 Å². The molecule has 0 fully saturated rings. The Morgan fingerprint density at radius 1 is 1.21 bits per heavy atom. The van der Waals surface area contributed by atoms with Gasteiger partial charge < -0.3 is 5.32 Å². The van der Waals surface area contributed by atoms with E-state index in [-0.39, 0.29) is 5.91 Å². The summed E-state index contributed by atoms with van der Waals surface area (Å²) in [6, 6.07) is 14.4. The van der Waals surface area contributed by atoms with Gasteiger partial charge in [-0.1, -0.05) is 39.7 Å². The summed E-state index contributed by atoms with van der Waals surface area (Å²) in [5.41, 5.74) is 4.23. The summed E-state index contributed by atoms with van der Waals surface area (Å²) in [4.78, 5) is 17.3. The van der Waals surface area contributed by atoms with Crippen LogP contribution in [0.2, 0.25) is 5.02 Å². The first kappa shape index (κ1) is 21.1. The number of amides is 1. The van der Waals surface area contributed by atoms with E-state index in [2.05, 4.69) is 36.7 Å². The van der Waals surface area contributed by atoms with Gasteiger partial charge in [-0.15, -0.1) is 0 Å². The number of halogens is 2. The molecule has 0 aliphatic heterocycles. The van der Waals surface area contributed by atoms with Gasteiger partial charge in [0.05, 0.1) is 12.2 Å². The van der Waals surface area contributed by atoms with E-state index in [1.807, 2.05) is 49.8 Å². The maximum absolute atomic E-state index is 12.7. The van der Waals surface area contributed by atoms with E-state index in [4.69, 9.17) is 11.6 Å². The average Bonchev–Trinajstić information content (AvgIpc) is 2.91. The number of guanidine groups is 1. The van der Waals surface area contributed by atoms with E-state index in [9.17, 15) is 4.79 Å². The van der Waals surface area contributed by atoms with Crippen molar-refractivity contribution in [2.24, 2.45) is 12.0 Å². The first-order valence-corrected chi connectivity index (χ1v) is 10.1. The number of carbonyl (C=O) groups excluding carboxylic acids is 1. The monoisotopic (exact) mass is 473 g/mol. The van der Waals surface area contributed by atoms with Crippen LogP contribution >= 0.6 is 27.5 Å². The fourth-order valence-electron chi connectivity index (χ4n) is 2.83. The van der Waals surface area contributed by atoms with E-state index in [0.29, 0.717) is 23.1 Å². The van der Waals surface area contributed by atoms with Gasteiger partial charge in [-0.3, -0.25) is 14.8 Å². The number of aromatic nitrogens is 2. The zero-order valence-corrected chi connectivity index (χ0v) is 18.7. The van der Waals surface area contributed by atoms with Crippen molar-refractivity contribution < 1.29 is 4.79 Å². The number of benzene rings is 2. The van der Waals surface area contributed by atoms with Crippen molar-refractivity contribution in [3.05, 3.63) is 80.5 Å². The molecule has 0 atom stereocenters. The van der Waals surface area contributed by atoms with E-state index < -0.39 is 0 Å². The first-order chi connectivity index (χ1) is 13.8. The summed E-state index contributed by atoms with van der Waals surface area (Å²) >= 11 is 9.46. The minimum atomic E-state index is -0.298. The lowest BCUT2D eigenvalue weighted by Crippen LogP contribution is -2.36. The smallest absolute Gasteiger partial charge is 0.258 e. The summed E-state index contributed by atoms with van der Waals surface area (Å²) in [5, 5.41) is 10.9. The van der Waals surface area contributed by atoms with Crippen LogP contribution in [0, 0.1) is 13.8 Å². The molecule has 0 aliphatic carbocycles. The van der Waals surface area contributed by atoms with Gasteiger partial charge >= 0.3 is 0 Å². The van der Waals surface area contributed by atoms with Crippen LogP contribution in [0.5, 0.6) is 0 Å². The zero-order valence-electron chi connectivity index (χ0n) is 16.3. The predicted octanol–water partition coefficient (Wildman–Crippen LogP) is 4.85. The maximum Gasteiger partial charge on any atom is 0.258 e. The van der Waals surface area contributed by atoms with Crippen molar-refractivity contribution in [2.75, 3.05) is 5.32 Å². The third-order valence-electron chi connectivity index (χ3n) is 4.46. The predicted molar refractivity (Wildman–Crippen MR) is 121 cm³/mol. The molecule has 1 amide bonds. The van der Waals surface area contributed by atoms with Crippen LogP contribution in [-0.2, 0) is 13.6 Å². The van der Waals surface area contributed by atoms with Crippen molar-refractivity contribution in [3.8, 4) is 0 Å². The number of hydrogen-bond acceptors (Lipinski definition) is 3. The lowest BCUT2D eigenvalue weighted by molar-refractivity contribution is 0.0977. The third-order valence-corrected chi connectivity index (χ3v) is 5.19. The van der Waals surface area contributed by atoms with Gasteiger partial charge in [-0.2, -0.15) is 5.10 Å². The number of hydrogen-bond donors (Lipinski definition) is 2. The van der Waals surface area contributed by atoms with Gasteiger partial charge in [0.25, 0.3) is 5.91 Å². The molecular weight excluding hydrogens is 454 g/mol. The highest BCUT2D eigenvalue weighted by Gasteiger charge is 2.12. The van der Waals surface area contributed by atoms with E-state index in [1.165, 1.54) is 0 Å². The van der Waals surface area contributed by atoms with Crippen molar-refractivity contribution in [3.63, 3.8) is 0 Å². The largest absolute Gasteiger partial charge is 0.326 e. The number of anilines is 1. The van der Waals surface area contributed by atoms with Crippen LogP contribution in [0.25, 0.3) is 0 Å². The number of aliphatic imine (C=N–C) groups is 1. The quantitative estimate of drug-likeness (QED) is 0.419. The Bertz CT molecular complexity index is 1080. The molecule has 0 saturated carbocycles. The second kappa shape index (κ2) is 9.24. The van der Waals surface area contributed by atoms with Crippen molar-refractivity contribution in [2.45, 2.75) is 20.4 Å². The van der Waals surface area contributed by atoms with E-state index in [1.54, 1.807) is 24.3 Å². The number of carbonyl (C=O) groups is 1. The molecular formula is C21H21BrClN5O. The Kier molecular flexibility index (Phi) is 6.71. The summed E-state index contributed by atoms with van der Waals surface area (Å²) < 4.78 is 2.74. The van der Waals surface area contributed by atoms with Crippen LogP contribution in [0.1, 0.15) is 27.3 Å². The number of nitrogens with zero attached hydrogens (tertiary/aromatic N) is 3. The molecule has 1 aromatic heterocycles. The van der Waals surface area contributed by atoms with Gasteiger partial charge in [0.2, 0.25) is 5.96 Å². The van der Waals surface area contributed by atoms with Crippen molar-refractivity contribution in [1.29, 1.82) is 0 Å². The van der Waals surface area contributed by atoms with Crippen LogP contribution in [0.3, 0.4) is 0 Å². The summed E-state index contributed by atoms with van der Waals surface area (Å²) in [6.07, 6.45) is 0. The molecule has 0 bridgehead atoms. The molecule has 8 heteroatoms. The topological polar surface area (TPSA) is 71.3 Å². The first-order valence-electron chi connectivity index (χ1n) is 8.96. The fraction of sp³-hybridized carbons (Fsp3) is 0.190. The standard InChI is InChI=1S/C21H21BrClN5O/c1-13-19(14(2)28(3)27-13)12-24-21(25-18-9-5-7-16(22)11-18)26-20(29)15-6-4-8-17(23)10-15/h4-11H,12H2,1-3H3,(H2,24,25,26,29). The molecule has 2 N–H and O–H groups in total. The average molecular weight is 475 g/mol. The van der Waals surface area contributed by atoms with Crippen molar-refractivity contribution >= 4 is 45.1 Å². The molecule has 0 aliphatic rings. The molecule has 150 valence electrons. The van der Waals surface area contributed by atoms with Crippen LogP contribution in [0.15, 0.2) is 58.0 Å². The molecule has 3 rings (SSSR count). The number of aryl methyl sites for hydroxylation is 2. The highest BCUT2D eigenvalue weighted by Crippen LogP contribution is 2.17. The molecule has 3 aromatic rings. The summed E-state index contributed by atoms with van der Waals surface area (Å²) in [6.45, 7) is 4.33. The minimum absolute atomic E-state index is 0.298. The van der Waals surface area contributed by atoms with E-state index >= 15 is 0 Å². The Balaban J connectivity index is 1.87. The normalized spacial score (nSPS) is 11.4. The van der Waals surface area contributed by atoms with Crippen molar-refractivity contribution in [1.82, 2.24) is 15.1 Å². The molecule has 29 heavy (non-hydrogen) atoms. The maximum atomic E-state index is 12.7. The van der Waals surface area contributed by atoms with Gasteiger partial charge in [-0.05, 0) is 50.2 Å². The van der Waals surface area contributed by atoms with Crippen LogP contribution in [-0.4, -0.2) is 21.6 Å². The van der Waals surface area contributed by atoms with Gasteiger partial charge in [0.1, 0.15) is 0 Å².